The summed E-state index contributed by atoms with van der Waals surface area (Å²) in [5.74, 6) is -0.0649. The number of aryl methyl sites for hydroxylation is 2. The maximum atomic E-state index is 11.1. The Morgan fingerprint density at radius 1 is 1.29 bits per heavy atom. The van der Waals surface area contributed by atoms with Crippen molar-refractivity contribution in [2.75, 3.05) is 6.61 Å². The minimum absolute atomic E-state index is 0.0649. The van der Waals surface area contributed by atoms with Crippen LogP contribution in [-0.2, 0) is 23.1 Å². The van der Waals surface area contributed by atoms with Gasteiger partial charge in [-0.25, -0.2) is 9.13 Å². The van der Waals surface area contributed by atoms with Crippen LogP contribution in [0.25, 0.3) is 0 Å². The van der Waals surface area contributed by atoms with E-state index in [-0.39, 0.29) is 5.97 Å². The first-order valence-corrected chi connectivity index (χ1v) is 6.39. The van der Waals surface area contributed by atoms with Crippen molar-refractivity contribution in [1.82, 2.24) is 4.57 Å². The summed E-state index contributed by atoms with van der Waals surface area (Å²) in [4.78, 5) is 11.1. The molecule has 0 aliphatic heterocycles. The molecule has 0 atom stereocenters. The molecule has 0 unspecified atom stereocenters. The molecule has 0 aromatic carbocycles. The summed E-state index contributed by atoms with van der Waals surface area (Å²) in [5, 5.41) is 0. The van der Waals surface area contributed by atoms with Crippen molar-refractivity contribution in [2.45, 2.75) is 45.6 Å². The number of ether oxygens (including phenoxy) is 1. The molecule has 0 aliphatic carbocycles. The first-order valence-electron chi connectivity index (χ1n) is 6.39. The van der Waals surface area contributed by atoms with Crippen molar-refractivity contribution in [1.29, 1.82) is 0 Å². The summed E-state index contributed by atoms with van der Waals surface area (Å²) in [5.41, 5.74) is 0. The van der Waals surface area contributed by atoms with Gasteiger partial charge in [-0.15, -0.1) is 0 Å². The second-order valence-corrected chi connectivity index (χ2v) is 4.29. The number of imidazole rings is 1. The van der Waals surface area contributed by atoms with Crippen molar-refractivity contribution in [3.63, 3.8) is 0 Å². The monoisotopic (exact) mass is 239 g/mol. The number of nitrogens with zero attached hydrogens (tertiary/aromatic N) is 2. The normalized spacial score (nSPS) is 10.5. The number of carbonyl (C=O) groups excluding carboxylic acids is 1. The fourth-order valence-electron chi connectivity index (χ4n) is 1.78. The number of esters is 1. The van der Waals surface area contributed by atoms with Gasteiger partial charge in [0, 0.05) is 6.42 Å². The molecule has 4 nitrogen and oxygen atoms in total. The molecule has 0 spiro atoms. The lowest BCUT2D eigenvalue weighted by atomic mass is 10.1. The molecule has 4 heteroatoms. The molecule has 0 fully saturated rings. The molecule has 96 valence electrons. The Balaban J connectivity index is 1.96. The van der Waals surface area contributed by atoms with Crippen LogP contribution in [0, 0.1) is 0 Å². The summed E-state index contributed by atoms with van der Waals surface area (Å²) >= 11 is 0. The Kier molecular flexibility index (Phi) is 6.37. The third kappa shape index (κ3) is 6.09. The van der Waals surface area contributed by atoms with E-state index in [2.05, 4.69) is 17.1 Å². The van der Waals surface area contributed by atoms with Gasteiger partial charge >= 0.3 is 5.97 Å². The van der Waals surface area contributed by atoms with Gasteiger partial charge in [-0.3, -0.25) is 4.79 Å². The summed E-state index contributed by atoms with van der Waals surface area (Å²) in [6.07, 6.45) is 11.1. The smallest absolute Gasteiger partial charge is 0.305 e. The van der Waals surface area contributed by atoms with Crippen LogP contribution in [0.3, 0.4) is 0 Å². The molecule has 0 aliphatic rings. The quantitative estimate of drug-likeness (QED) is 0.394. The number of hydrogen-bond acceptors (Lipinski definition) is 2. The van der Waals surface area contributed by atoms with Crippen LogP contribution < -0.4 is 4.57 Å². The van der Waals surface area contributed by atoms with Gasteiger partial charge in [-0.2, -0.15) is 0 Å². The lowest BCUT2D eigenvalue weighted by Crippen LogP contribution is -2.23. The van der Waals surface area contributed by atoms with Crippen LogP contribution in [0.1, 0.15) is 39.0 Å². The van der Waals surface area contributed by atoms with Crippen LogP contribution in [0.15, 0.2) is 18.7 Å². The molecule has 1 aromatic rings. The second-order valence-electron chi connectivity index (χ2n) is 4.29. The first-order chi connectivity index (χ1) is 8.22. The van der Waals surface area contributed by atoms with E-state index in [1.165, 1.54) is 6.42 Å². The van der Waals surface area contributed by atoms with Crippen molar-refractivity contribution >= 4 is 5.97 Å². The Morgan fingerprint density at radius 3 is 2.71 bits per heavy atom. The Hall–Kier alpha value is -1.32. The van der Waals surface area contributed by atoms with Crippen LogP contribution >= 0.6 is 0 Å². The van der Waals surface area contributed by atoms with E-state index in [1.807, 2.05) is 24.7 Å². The summed E-state index contributed by atoms with van der Waals surface area (Å²) < 4.78 is 9.10. The third-order valence-electron chi connectivity index (χ3n) is 2.68. The van der Waals surface area contributed by atoms with Gasteiger partial charge < -0.3 is 4.74 Å². The van der Waals surface area contributed by atoms with Gasteiger partial charge in [0.05, 0.1) is 20.2 Å². The van der Waals surface area contributed by atoms with E-state index < -0.39 is 0 Å². The molecule has 0 saturated carbocycles. The van der Waals surface area contributed by atoms with Gasteiger partial charge in [0.2, 0.25) is 6.33 Å². The number of unbranched alkanes of at least 4 members (excludes halogenated alkanes) is 3. The molecule has 0 radical (unpaired) electrons. The van der Waals surface area contributed by atoms with Gasteiger partial charge in [0.25, 0.3) is 0 Å². The van der Waals surface area contributed by atoms with E-state index in [0.717, 1.165) is 25.8 Å². The minimum Gasteiger partial charge on any atom is -0.466 e. The second kappa shape index (κ2) is 7.87. The number of rotatable bonds is 8. The topological polar surface area (TPSA) is 35.1 Å². The number of carbonyl (C=O) groups is 1. The third-order valence-corrected chi connectivity index (χ3v) is 2.68. The van der Waals surface area contributed by atoms with Crippen molar-refractivity contribution in [3.05, 3.63) is 18.7 Å². The average Bonchev–Trinajstić information content (AvgIpc) is 2.70. The Bertz CT molecular complexity index is 334. The van der Waals surface area contributed by atoms with E-state index in [0.29, 0.717) is 13.0 Å². The van der Waals surface area contributed by atoms with Crippen molar-refractivity contribution in [2.24, 2.45) is 7.05 Å². The van der Waals surface area contributed by atoms with Gasteiger partial charge in [-0.05, 0) is 26.2 Å². The summed E-state index contributed by atoms with van der Waals surface area (Å²) in [6, 6.07) is 0. The highest BCUT2D eigenvalue weighted by Gasteiger charge is 2.02. The Labute approximate surface area is 103 Å². The standard InChI is InChI=1S/C13H23N2O2/c1-3-17-13(16)8-6-4-5-7-9-15-11-10-14(2)12-15/h10-12H,3-9H2,1-2H3/q+1. The van der Waals surface area contributed by atoms with E-state index in [1.54, 1.807) is 0 Å². The Morgan fingerprint density at radius 2 is 2.06 bits per heavy atom. The molecule has 0 N–H and O–H groups in total. The van der Waals surface area contributed by atoms with E-state index >= 15 is 0 Å². The maximum Gasteiger partial charge on any atom is 0.305 e. The number of hydrogen-bond donors (Lipinski definition) is 0. The zero-order valence-electron chi connectivity index (χ0n) is 10.9. The molecule has 1 rings (SSSR count). The largest absolute Gasteiger partial charge is 0.466 e. The minimum atomic E-state index is -0.0649. The van der Waals surface area contributed by atoms with Gasteiger partial charge in [0.15, 0.2) is 0 Å². The average molecular weight is 239 g/mol. The highest BCUT2D eigenvalue weighted by molar-refractivity contribution is 5.69. The molecule has 17 heavy (non-hydrogen) atoms. The highest BCUT2D eigenvalue weighted by Crippen LogP contribution is 2.05. The van der Waals surface area contributed by atoms with E-state index in [9.17, 15) is 4.79 Å². The predicted molar refractivity (Wildman–Crippen MR) is 65.3 cm³/mol. The van der Waals surface area contributed by atoms with Crippen LogP contribution in [0.4, 0.5) is 0 Å². The van der Waals surface area contributed by atoms with Crippen LogP contribution in [0.5, 0.6) is 0 Å². The predicted octanol–water partition coefficient (Wildman–Crippen LogP) is 1.83. The molecular formula is C13H23N2O2+. The van der Waals surface area contributed by atoms with Crippen molar-refractivity contribution in [3.8, 4) is 0 Å². The van der Waals surface area contributed by atoms with Crippen molar-refractivity contribution < 1.29 is 14.1 Å². The van der Waals surface area contributed by atoms with E-state index in [4.69, 9.17) is 4.74 Å². The maximum absolute atomic E-state index is 11.1. The molecule has 1 aromatic heterocycles. The van der Waals surface area contributed by atoms with Gasteiger partial charge in [0.1, 0.15) is 12.4 Å². The lowest BCUT2D eigenvalue weighted by molar-refractivity contribution is -0.671. The molecular weight excluding hydrogens is 216 g/mol. The fourth-order valence-corrected chi connectivity index (χ4v) is 1.78. The summed E-state index contributed by atoms with van der Waals surface area (Å²) in [7, 11) is 2.02. The highest BCUT2D eigenvalue weighted by atomic mass is 16.5. The number of aromatic nitrogens is 2. The van der Waals surface area contributed by atoms with Crippen LogP contribution in [0.2, 0.25) is 0 Å². The molecule has 0 bridgehead atoms. The lowest BCUT2D eigenvalue weighted by Gasteiger charge is -2.01. The van der Waals surface area contributed by atoms with Crippen LogP contribution in [-0.4, -0.2) is 17.1 Å². The summed E-state index contributed by atoms with van der Waals surface area (Å²) in [6.45, 7) is 3.39. The SMILES string of the molecule is CCOC(=O)CCCCCCn1cc[n+](C)c1. The zero-order valence-corrected chi connectivity index (χ0v) is 10.9. The molecule has 0 saturated heterocycles. The fraction of sp³-hybridized carbons (Fsp3) is 0.692. The van der Waals surface area contributed by atoms with Gasteiger partial charge in [-0.1, -0.05) is 6.42 Å². The zero-order chi connectivity index (χ0) is 12.5. The molecule has 1 heterocycles. The molecule has 0 amide bonds. The first kappa shape index (κ1) is 13.7.